The van der Waals surface area contributed by atoms with Crippen LogP contribution in [0.2, 0.25) is 0 Å². The Hall–Kier alpha value is -1.31. The van der Waals surface area contributed by atoms with Gasteiger partial charge in [0.15, 0.2) is 12.1 Å². The van der Waals surface area contributed by atoms with Crippen molar-refractivity contribution in [1.82, 2.24) is 0 Å². The molecule has 0 radical (unpaired) electrons. The molecule has 1 aromatic rings. The smallest absolute Gasteiger partial charge is 0.310 e. The van der Waals surface area contributed by atoms with E-state index in [0.29, 0.717) is 4.47 Å². The molecule has 0 saturated heterocycles. The zero-order valence-electron chi connectivity index (χ0n) is 10.7. The van der Waals surface area contributed by atoms with Crippen LogP contribution in [0.1, 0.15) is 24.0 Å². The summed E-state index contributed by atoms with van der Waals surface area (Å²) in [6.45, 7) is -0.972. The fourth-order valence-corrected chi connectivity index (χ4v) is 3.23. The van der Waals surface area contributed by atoms with Crippen LogP contribution in [0.25, 0.3) is 0 Å². The van der Waals surface area contributed by atoms with E-state index in [-0.39, 0.29) is 5.56 Å². The second-order valence-electron chi connectivity index (χ2n) is 5.20. The molecule has 1 spiro atoms. The zero-order chi connectivity index (χ0) is 15.5. The molecule has 8 heteroatoms. The molecule has 0 aromatic heterocycles. The van der Waals surface area contributed by atoms with Gasteiger partial charge in [-0.05, 0) is 24.1 Å². The third kappa shape index (κ3) is 2.03. The summed E-state index contributed by atoms with van der Waals surface area (Å²) in [5.74, 6) is -6.58. The van der Waals surface area contributed by atoms with Crippen LogP contribution in [0.15, 0.2) is 27.7 Å². The van der Waals surface area contributed by atoms with Crippen molar-refractivity contribution in [2.75, 3.05) is 6.61 Å². The molecular formula is C13H11BrF4N2O. The minimum atomic E-state index is -3.41. The lowest BCUT2D eigenvalue weighted by molar-refractivity contribution is -0.143. The minimum Gasteiger partial charge on any atom is -0.459 e. The highest BCUT2D eigenvalue weighted by molar-refractivity contribution is 9.10. The molecule has 1 heterocycles. The first kappa shape index (κ1) is 14.6. The van der Waals surface area contributed by atoms with Gasteiger partial charge >= 0.3 is 5.92 Å². The summed E-state index contributed by atoms with van der Waals surface area (Å²) < 4.78 is 62.0. The van der Waals surface area contributed by atoms with E-state index < -0.39 is 48.4 Å². The van der Waals surface area contributed by atoms with Crippen molar-refractivity contribution in [2.45, 2.75) is 30.2 Å². The molecule has 0 bridgehead atoms. The lowest BCUT2D eigenvalue weighted by atomic mass is 9.71. The van der Waals surface area contributed by atoms with Gasteiger partial charge in [-0.25, -0.2) is 13.8 Å². The molecule has 0 amide bonds. The SMILES string of the molecule is NC1=N[C@@]2(CCC(F)(F)c3ccc(Br)cc32)C(F)(F)CO1. The van der Waals surface area contributed by atoms with E-state index in [1.54, 1.807) is 0 Å². The van der Waals surface area contributed by atoms with Crippen molar-refractivity contribution in [2.24, 2.45) is 10.7 Å². The molecule has 1 aliphatic carbocycles. The molecule has 1 atom stereocenters. The second-order valence-corrected chi connectivity index (χ2v) is 6.11. The summed E-state index contributed by atoms with van der Waals surface area (Å²) in [5, 5.41) is 0. The average Bonchev–Trinajstić information content (AvgIpc) is 2.39. The summed E-state index contributed by atoms with van der Waals surface area (Å²) in [6, 6.07) is 3.41. The number of aliphatic imine (C=N–C) groups is 1. The normalized spacial score (nSPS) is 29.5. The van der Waals surface area contributed by atoms with Crippen molar-refractivity contribution >= 4 is 22.0 Å². The fraction of sp³-hybridized carbons (Fsp3) is 0.462. The van der Waals surface area contributed by atoms with Gasteiger partial charge in [0.1, 0.15) is 0 Å². The van der Waals surface area contributed by atoms with Gasteiger partial charge in [-0.2, -0.15) is 8.78 Å². The maximum atomic E-state index is 14.4. The summed E-state index contributed by atoms with van der Waals surface area (Å²) in [4.78, 5) is 3.74. The van der Waals surface area contributed by atoms with E-state index >= 15 is 0 Å². The van der Waals surface area contributed by atoms with Crippen LogP contribution in [0.5, 0.6) is 0 Å². The Morgan fingerprint density at radius 3 is 2.57 bits per heavy atom. The molecule has 1 aromatic carbocycles. The molecule has 0 fully saturated rings. The molecule has 0 unspecified atom stereocenters. The first-order chi connectivity index (χ1) is 9.68. The minimum absolute atomic E-state index is 0.204. The fourth-order valence-electron chi connectivity index (χ4n) is 2.87. The van der Waals surface area contributed by atoms with Crippen LogP contribution < -0.4 is 5.73 Å². The molecule has 21 heavy (non-hydrogen) atoms. The number of amidine groups is 1. The highest BCUT2D eigenvalue weighted by Gasteiger charge is 2.63. The topological polar surface area (TPSA) is 47.6 Å². The van der Waals surface area contributed by atoms with Gasteiger partial charge in [-0.15, -0.1) is 0 Å². The van der Waals surface area contributed by atoms with E-state index in [1.807, 2.05) is 0 Å². The molecule has 2 aliphatic rings. The van der Waals surface area contributed by atoms with Gasteiger partial charge in [0, 0.05) is 16.5 Å². The van der Waals surface area contributed by atoms with Gasteiger partial charge in [0.2, 0.25) is 0 Å². The van der Waals surface area contributed by atoms with Crippen LogP contribution in [0.4, 0.5) is 17.6 Å². The highest BCUT2D eigenvalue weighted by atomic mass is 79.9. The summed E-state index contributed by atoms with van der Waals surface area (Å²) in [6.07, 6.45) is -1.21. The molecule has 0 saturated carbocycles. The summed E-state index contributed by atoms with van der Waals surface area (Å²) >= 11 is 3.13. The van der Waals surface area contributed by atoms with Crippen LogP contribution in [-0.4, -0.2) is 18.6 Å². The third-order valence-corrected chi connectivity index (χ3v) is 4.42. The van der Waals surface area contributed by atoms with E-state index in [0.717, 1.165) is 6.07 Å². The van der Waals surface area contributed by atoms with E-state index in [2.05, 4.69) is 25.7 Å². The molecule has 2 N–H and O–H groups in total. The second kappa shape index (κ2) is 4.34. The Kier molecular flexibility index (Phi) is 3.02. The quantitative estimate of drug-likeness (QED) is 0.714. The van der Waals surface area contributed by atoms with Gasteiger partial charge in [-0.1, -0.05) is 22.0 Å². The van der Waals surface area contributed by atoms with Gasteiger partial charge in [-0.3, -0.25) is 0 Å². The number of nitrogens with two attached hydrogens (primary N) is 1. The van der Waals surface area contributed by atoms with Gasteiger partial charge in [0.25, 0.3) is 11.9 Å². The number of rotatable bonds is 0. The van der Waals surface area contributed by atoms with Crippen LogP contribution in [-0.2, 0) is 16.2 Å². The monoisotopic (exact) mass is 366 g/mol. The molecule has 3 nitrogen and oxygen atoms in total. The Balaban J connectivity index is 2.31. The highest BCUT2D eigenvalue weighted by Crippen LogP contribution is 2.56. The van der Waals surface area contributed by atoms with Crippen molar-refractivity contribution in [3.8, 4) is 0 Å². The number of benzene rings is 1. The molecule has 1 aliphatic heterocycles. The first-order valence-corrected chi connectivity index (χ1v) is 7.02. The maximum absolute atomic E-state index is 14.4. The van der Waals surface area contributed by atoms with Crippen LogP contribution in [0, 0.1) is 0 Å². The zero-order valence-corrected chi connectivity index (χ0v) is 12.3. The lowest BCUT2D eigenvalue weighted by Crippen LogP contribution is -2.55. The van der Waals surface area contributed by atoms with Crippen molar-refractivity contribution in [1.29, 1.82) is 0 Å². The molecule has 114 valence electrons. The Morgan fingerprint density at radius 2 is 1.86 bits per heavy atom. The van der Waals surface area contributed by atoms with Crippen molar-refractivity contribution < 1.29 is 22.3 Å². The predicted molar refractivity (Wildman–Crippen MR) is 71.5 cm³/mol. The van der Waals surface area contributed by atoms with E-state index in [9.17, 15) is 17.6 Å². The number of alkyl halides is 4. The predicted octanol–water partition coefficient (Wildman–Crippen LogP) is 3.51. The molecular weight excluding hydrogens is 356 g/mol. The number of halogens is 5. The molecule has 3 rings (SSSR count). The number of hydrogen-bond donors (Lipinski definition) is 1. The number of fused-ring (bicyclic) bond motifs is 2. The van der Waals surface area contributed by atoms with Crippen LogP contribution >= 0.6 is 15.9 Å². The Morgan fingerprint density at radius 1 is 1.14 bits per heavy atom. The third-order valence-electron chi connectivity index (χ3n) is 3.93. The average molecular weight is 367 g/mol. The summed E-state index contributed by atoms with van der Waals surface area (Å²) in [7, 11) is 0. The summed E-state index contributed by atoms with van der Waals surface area (Å²) in [5.41, 5.74) is 2.68. The van der Waals surface area contributed by atoms with Gasteiger partial charge in [0.05, 0.1) is 0 Å². The maximum Gasteiger partial charge on any atom is 0.310 e. The largest absolute Gasteiger partial charge is 0.459 e. The Bertz CT molecular complexity index is 635. The van der Waals surface area contributed by atoms with Crippen molar-refractivity contribution in [3.63, 3.8) is 0 Å². The number of hydrogen-bond acceptors (Lipinski definition) is 3. The number of ether oxygens (including phenoxy) is 1. The van der Waals surface area contributed by atoms with Crippen molar-refractivity contribution in [3.05, 3.63) is 33.8 Å². The van der Waals surface area contributed by atoms with E-state index in [1.165, 1.54) is 12.1 Å². The van der Waals surface area contributed by atoms with Gasteiger partial charge < -0.3 is 10.5 Å². The number of nitrogens with zero attached hydrogens (tertiary/aromatic N) is 1. The van der Waals surface area contributed by atoms with Crippen LogP contribution in [0.3, 0.4) is 0 Å². The Labute approximate surface area is 126 Å². The first-order valence-electron chi connectivity index (χ1n) is 6.22. The lowest BCUT2D eigenvalue weighted by Gasteiger charge is -2.45. The standard InChI is InChI=1S/C13H11BrF4N2O/c14-7-1-2-8-9(5-7)11(3-4-12(8,15)16)13(17,18)6-21-10(19)20-11/h1-2,5H,3-4,6H2,(H2,19,20)/t11-/m1/s1. The van der Waals surface area contributed by atoms with E-state index in [4.69, 9.17) is 5.73 Å².